The zero-order valence-corrected chi connectivity index (χ0v) is 10.2. The molecule has 1 fully saturated rings. The second-order valence-electron chi connectivity index (χ2n) is 3.99. The predicted molar refractivity (Wildman–Crippen MR) is 63.1 cm³/mol. The normalized spacial score (nSPS) is 26.9. The van der Waals surface area contributed by atoms with Crippen LogP contribution in [0.25, 0.3) is 0 Å². The fraction of sp³-hybridized carbons (Fsp3) is 0.545. The average molecular weight is 255 g/mol. The molecule has 1 aromatic rings. The molecule has 2 atom stereocenters. The van der Waals surface area contributed by atoms with Gasteiger partial charge in [-0.1, -0.05) is 15.9 Å². The minimum atomic E-state index is 0.626. The number of aryl methyl sites for hydroxylation is 1. The number of rotatable bonds is 1. The maximum absolute atomic E-state index is 4.22. The molecule has 0 saturated carbocycles. The first-order chi connectivity index (χ1) is 6.66. The standard InChI is InChI=1S/C11H15BrN2/c1-8-5-11(3-4-13-8)14-7-10(12)6-9(14)2/h3-5,9-10H,6-7H2,1-2H3. The lowest BCUT2D eigenvalue weighted by Crippen LogP contribution is -2.26. The first kappa shape index (κ1) is 9.97. The first-order valence-corrected chi connectivity index (χ1v) is 5.92. The van der Waals surface area contributed by atoms with Gasteiger partial charge in [0, 0.05) is 35.0 Å². The van der Waals surface area contributed by atoms with Crippen molar-refractivity contribution in [3.8, 4) is 0 Å². The molecule has 1 aliphatic rings. The van der Waals surface area contributed by atoms with Gasteiger partial charge in [-0.25, -0.2) is 0 Å². The van der Waals surface area contributed by atoms with E-state index in [9.17, 15) is 0 Å². The quantitative estimate of drug-likeness (QED) is 0.717. The van der Waals surface area contributed by atoms with E-state index in [1.54, 1.807) is 0 Å². The summed E-state index contributed by atoms with van der Waals surface area (Å²) in [6.45, 7) is 5.41. The van der Waals surface area contributed by atoms with Crippen LogP contribution >= 0.6 is 15.9 Å². The molecule has 3 heteroatoms. The highest BCUT2D eigenvalue weighted by Gasteiger charge is 2.27. The third kappa shape index (κ3) is 1.92. The Morgan fingerprint density at radius 1 is 1.57 bits per heavy atom. The summed E-state index contributed by atoms with van der Waals surface area (Å²) < 4.78 is 0. The van der Waals surface area contributed by atoms with Crippen LogP contribution in [0.5, 0.6) is 0 Å². The number of hydrogen-bond donors (Lipinski definition) is 0. The van der Waals surface area contributed by atoms with E-state index in [1.165, 1.54) is 12.1 Å². The van der Waals surface area contributed by atoms with E-state index >= 15 is 0 Å². The lowest BCUT2D eigenvalue weighted by Gasteiger charge is -2.23. The topological polar surface area (TPSA) is 16.1 Å². The van der Waals surface area contributed by atoms with Crippen LogP contribution in [0.2, 0.25) is 0 Å². The van der Waals surface area contributed by atoms with E-state index in [2.05, 4.69) is 44.9 Å². The van der Waals surface area contributed by atoms with E-state index in [0.717, 1.165) is 12.2 Å². The van der Waals surface area contributed by atoms with Crippen LogP contribution < -0.4 is 4.90 Å². The summed E-state index contributed by atoms with van der Waals surface area (Å²) in [6, 6.07) is 4.87. The van der Waals surface area contributed by atoms with Gasteiger partial charge in [0.25, 0.3) is 0 Å². The van der Waals surface area contributed by atoms with Crippen LogP contribution in [0.1, 0.15) is 19.0 Å². The molecule has 0 bridgehead atoms. The molecule has 14 heavy (non-hydrogen) atoms. The van der Waals surface area contributed by atoms with Crippen LogP contribution in [0.3, 0.4) is 0 Å². The van der Waals surface area contributed by atoms with Crippen LogP contribution in [0.15, 0.2) is 18.3 Å². The zero-order chi connectivity index (χ0) is 10.1. The van der Waals surface area contributed by atoms with Gasteiger partial charge in [-0.05, 0) is 32.4 Å². The van der Waals surface area contributed by atoms with Crippen molar-refractivity contribution in [3.05, 3.63) is 24.0 Å². The minimum absolute atomic E-state index is 0.626. The lowest BCUT2D eigenvalue weighted by atomic mass is 10.2. The molecular formula is C11H15BrN2. The zero-order valence-electron chi connectivity index (χ0n) is 8.57. The molecule has 2 nitrogen and oxygen atoms in total. The van der Waals surface area contributed by atoms with E-state index in [1.807, 2.05) is 13.1 Å². The third-order valence-electron chi connectivity index (χ3n) is 2.74. The fourth-order valence-electron chi connectivity index (χ4n) is 2.03. The predicted octanol–water partition coefficient (Wildman–Crippen LogP) is 2.75. The molecule has 1 aliphatic heterocycles. The van der Waals surface area contributed by atoms with Crippen molar-refractivity contribution >= 4 is 21.6 Å². The lowest BCUT2D eigenvalue weighted by molar-refractivity contribution is 0.738. The number of alkyl halides is 1. The minimum Gasteiger partial charge on any atom is -0.368 e. The Morgan fingerprint density at radius 3 is 2.93 bits per heavy atom. The summed E-state index contributed by atoms with van der Waals surface area (Å²) >= 11 is 3.68. The molecule has 0 N–H and O–H groups in total. The summed E-state index contributed by atoms with van der Waals surface area (Å²) in [5.74, 6) is 0. The maximum atomic E-state index is 4.22. The van der Waals surface area contributed by atoms with E-state index < -0.39 is 0 Å². The Hall–Kier alpha value is -0.570. The molecule has 1 aromatic heterocycles. The van der Waals surface area contributed by atoms with E-state index in [0.29, 0.717) is 10.9 Å². The van der Waals surface area contributed by atoms with Gasteiger partial charge in [0.2, 0.25) is 0 Å². The molecule has 2 heterocycles. The highest BCUT2D eigenvalue weighted by atomic mass is 79.9. The van der Waals surface area contributed by atoms with Crippen molar-refractivity contribution in [1.29, 1.82) is 0 Å². The van der Waals surface area contributed by atoms with Crippen molar-refractivity contribution in [2.75, 3.05) is 11.4 Å². The van der Waals surface area contributed by atoms with Crippen molar-refractivity contribution in [2.45, 2.75) is 31.1 Å². The van der Waals surface area contributed by atoms with Crippen LogP contribution in [-0.4, -0.2) is 22.4 Å². The largest absolute Gasteiger partial charge is 0.368 e. The summed E-state index contributed by atoms with van der Waals surface area (Å²) in [7, 11) is 0. The molecular weight excluding hydrogens is 240 g/mol. The Balaban J connectivity index is 2.23. The van der Waals surface area contributed by atoms with Gasteiger partial charge >= 0.3 is 0 Å². The molecule has 0 aliphatic carbocycles. The van der Waals surface area contributed by atoms with E-state index in [4.69, 9.17) is 0 Å². The monoisotopic (exact) mass is 254 g/mol. The van der Waals surface area contributed by atoms with Gasteiger partial charge < -0.3 is 4.90 Å². The Labute approximate surface area is 93.5 Å². The number of nitrogens with zero attached hydrogens (tertiary/aromatic N) is 2. The van der Waals surface area contributed by atoms with Crippen LogP contribution in [0, 0.1) is 6.92 Å². The van der Waals surface area contributed by atoms with Crippen LogP contribution in [0.4, 0.5) is 5.69 Å². The van der Waals surface area contributed by atoms with Gasteiger partial charge in [-0.15, -0.1) is 0 Å². The SMILES string of the molecule is Cc1cc(N2CC(Br)CC2C)ccn1. The summed E-state index contributed by atoms with van der Waals surface area (Å²) in [4.78, 5) is 7.29. The second kappa shape index (κ2) is 3.89. The van der Waals surface area contributed by atoms with Gasteiger partial charge in [0.15, 0.2) is 0 Å². The van der Waals surface area contributed by atoms with Crippen molar-refractivity contribution in [1.82, 2.24) is 4.98 Å². The Kier molecular flexibility index (Phi) is 2.77. The number of anilines is 1. The van der Waals surface area contributed by atoms with Crippen molar-refractivity contribution in [2.24, 2.45) is 0 Å². The van der Waals surface area contributed by atoms with Crippen LogP contribution in [-0.2, 0) is 0 Å². The molecule has 0 aromatic carbocycles. The highest BCUT2D eigenvalue weighted by molar-refractivity contribution is 9.09. The van der Waals surface area contributed by atoms with E-state index in [-0.39, 0.29) is 0 Å². The average Bonchev–Trinajstić information content (AvgIpc) is 2.45. The van der Waals surface area contributed by atoms with Crippen molar-refractivity contribution in [3.63, 3.8) is 0 Å². The smallest absolute Gasteiger partial charge is 0.0402 e. The van der Waals surface area contributed by atoms with Gasteiger partial charge in [0.1, 0.15) is 0 Å². The maximum Gasteiger partial charge on any atom is 0.0402 e. The van der Waals surface area contributed by atoms with Gasteiger partial charge in [0.05, 0.1) is 0 Å². The van der Waals surface area contributed by atoms with Gasteiger partial charge in [-0.3, -0.25) is 4.98 Å². The molecule has 0 spiro atoms. The third-order valence-corrected chi connectivity index (χ3v) is 3.40. The summed E-state index contributed by atoms with van der Waals surface area (Å²) in [6.07, 6.45) is 3.11. The molecule has 0 radical (unpaired) electrons. The number of hydrogen-bond acceptors (Lipinski definition) is 2. The fourth-order valence-corrected chi connectivity index (χ4v) is 2.89. The second-order valence-corrected chi connectivity index (χ2v) is 5.28. The Bertz CT molecular complexity index is 327. The Morgan fingerprint density at radius 2 is 2.36 bits per heavy atom. The number of aromatic nitrogens is 1. The van der Waals surface area contributed by atoms with Crippen molar-refractivity contribution < 1.29 is 0 Å². The summed E-state index contributed by atoms with van der Waals surface area (Å²) in [5.41, 5.74) is 2.39. The molecule has 2 rings (SSSR count). The van der Waals surface area contributed by atoms with Gasteiger partial charge in [-0.2, -0.15) is 0 Å². The molecule has 1 saturated heterocycles. The number of pyridine rings is 1. The summed E-state index contributed by atoms with van der Waals surface area (Å²) in [5, 5.41) is 0. The molecule has 0 amide bonds. The molecule has 2 unspecified atom stereocenters. The number of halogens is 1. The first-order valence-electron chi connectivity index (χ1n) is 5.00. The highest BCUT2D eigenvalue weighted by Crippen LogP contribution is 2.28. The molecule has 76 valence electrons.